The molecular formula is C15H16N2O2. The summed E-state index contributed by atoms with van der Waals surface area (Å²) in [4.78, 5) is 11.8. The first kappa shape index (κ1) is 13.1. The fourth-order valence-corrected chi connectivity index (χ4v) is 1.83. The Kier molecular flexibility index (Phi) is 3.80. The number of aromatic nitrogens is 2. The van der Waals surface area contributed by atoms with E-state index in [0.29, 0.717) is 12.2 Å². The number of rotatable bonds is 4. The molecule has 2 rings (SSSR count). The van der Waals surface area contributed by atoms with Crippen LogP contribution in [0.2, 0.25) is 0 Å². The van der Waals surface area contributed by atoms with E-state index in [2.05, 4.69) is 11.7 Å². The molecule has 4 nitrogen and oxygen atoms in total. The fraction of sp³-hybridized carbons (Fsp3) is 0.200. The molecule has 0 bridgehead atoms. The highest BCUT2D eigenvalue weighted by molar-refractivity contribution is 5.88. The highest BCUT2D eigenvalue weighted by Crippen LogP contribution is 2.10. The summed E-state index contributed by atoms with van der Waals surface area (Å²) in [6.45, 7) is 7.80. The van der Waals surface area contributed by atoms with Gasteiger partial charge in [0.25, 0.3) is 0 Å². The van der Waals surface area contributed by atoms with E-state index in [4.69, 9.17) is 4.74 Å². The largest absolute Gasteiger partial charge is 0.430 e. The first-order valence-corrected chi connectivity index (χ1v) is 6.02. The van der Waals surface area contributed by atoms with Gasteiger partial charge in [-0.2, -0.15) is 5.10 Å². The van der Waals surface area contributed by atoms with Crippen LogP contribution in [0.25, 0.3) is 0 Å². The summed E-state index contributed by atoms with van der Waals surface area (Å²) in [5.74, 6) is -0.442. The minimum atomic E-state index is -0.442. The van der Waals surface area contributed by atoms with Crippen molar-refractivity contribution in [2.45, 2.75) is 20.4 Å². The number of carbonyl (C=O) groups excluding carboxylic acids is 1. The first-order valence-electron chi connectivity index (χ1n) is 6.02. The van der Waals surface area contributed by atoms with Gasteiger partial charge in [-0.3, -0.25) is 4.68 Å². The maximum atomic E-state index is 11.8. The van der Waals surface area contributed by atoms with Crippen molar-refractivity contribution < 1.29 is 9.53 Å². The van der Waals surface area contributed by atoms with E-state index in [0.717, 1.165) is 17.5 Å². The average molecular weight is 256 g/mol. The Morgan fingerprint density at radius 2 is 2.05 bits per heavy atom. The van der Waals surface area contributed by atoms with Gasteiger partial charge in [-0.1, -0.05) is 36.4 Å². The second-order valence-corrected chi connectivity index (χ2v) is 4.39. The van der Waals surface area contributed by atoms with E-state index in [1.54, 1.807) is 10.7 Å². The van der Waals surface area contributed by atoms with Crippen LogP contribution in [0.4, 0.5) is 0 Å². The van der Waals surface area contributed by atoms with Crippen molar-refractivity contribution in [1.82, 2.24) is 9.78 Å². The van der Waals surface area contributed by atoms with Crippen molar-refractivity contribution in [3.8, 4) is 0 Å². The Morgan fingerprint density at radius 1 is 1.37 bits per heavy atom. The number of hydrogen-bond acceptors (Lipinski definition) is 3. The third-order valence-electron chi connectivity index (χ3n) is 2.75. The molecule has 4 heteroatoms. The van der Waals surface area contributed by atoms with Gasteiger partial charge in [-0.15, -0.1) is 0 Å². The molecular weight excluding hydrogens is 240 g/mol. The van der Waals surface area contributed by atoms with Gasteiger partial charge in [0.05, 0.1) is 18.5 Å². The van der Waals surface area contributed by atoms with Crippen molar-refractivity contribution >= 4 is 5.97 Å². The lowest BCUT2D eigenvalue weighted by atomic mass is 10.1. The average Bonchev–Trinajstić information content (AvgIpc) is 2.74. The topological polar surface area (TPSA) is 44.1 Å². The van der Waals surface area contributed by atoms with E-state index >= 15 is 0 Å². The summed E-state index contributed by atoms with van der Waals surface area (Å²) < 4.78 is 6.45. The zero-order valence-electron chi connectivity index (χ0n) is 11.1. The number of carbonyl (C=O) groups is 1. The third kappa shape index (κ3) is 3.10. The molecule has 19 heavy (non-hydrogen) atoms. The molecule has 0 aliphatic rings. The Labute approximate surface area is 112 Å². The standard InChI is InChI=1S/C15H16N2O2/c1-4-19-15(18)14-9-12(3)16-17(14)10-13-7-5-11(2)6-8-13/h4-9H,1,10H2,2-3H3. The molecule has 2 aromatic rings. The predicted octanol–water partition coefficient (Wildman–Crippen LogP) is 2.85. The van der Waals surface area contributed by atoms with E-state index in [1.807, 2.05) is 38.1 Å². The lowest BCUT2D eigenvalue weighted by Gasteiger charge is -2.06. The molecule has 0 saturated heterocycles. The molecule has 0 spiro atoms. The Balaban J connectivity index is 2.27. The highest BCUT2D eigenvalue weighted by atomic mass is 16.5. The Morgan fingerprint density at radius 3 is 2.68 bits per heavy atom. The summed E-state index contributed by atoms with van der Waals surface area (Å²) in [7, 11) is 0. The summed E-state index contributed by atoms with van der Waals surface area (Å²) in [6.07, 6.45) is 1.13. The van der Waals surface area contributed by atoms with Gasteiger partial charge in [-0.05, 0) is 25.5 Å². The quantitative estimate of drug-likeness (QED) is 0.624. The molecule has 1 aromatic heterocycles. The fourth-order valence-electron chi connectivity index (χ4n) is 1.83. The molecule has 0 unspecified atom stereocenters. The van der Waals surface area contributed by atoms with E-state index in [9.17, 15) is 4.79 Å². The monoisotopic (exact) mass is 256 g/mol. The van der Waals surface area contributed by atoms with Crippen LogP contribution in [0, 0.1) is 13.8 Å². The SMILES string of the molecule is C=COC(=O)c1cc(C)nn1Cc1ccc(C)cc1. The van der Waals surface area contributed by atoms with Gasteiger partial charge in [0.15, 0.2) is 0 Å². The molecule has 0 atom stereocenters. The summed E-state index contributed by atoms with van der Waals surface area (Å²) >= 11 is 0. The molecule has 0 saturated carbocycles. The zero-order chi connectivity index (χ0) is 13.8. The lowest BCUT2D eigenvalue weighted by molar-refractivity contribution is 0.0651. The van der Waals surface area contributed by atoms with Gasteiger partial charge in [0.2, 0.25) is 0 Å². The molecule has 0 fully saturated rings. The van der Waals surface area contributed by atoms with Gasteiger partial charge in [0.1, 0.15) is 5.69 Å². The second kappa shape index (κ2) is 5.52. The first-order chi connectivity index (χ1) is 9.10. The van der Waals surface area contributed by atoms with Gasteiger partial charge < -0.3 is 4.74 Å². The molecule has 1 aromatic carbocycles. The van der Waals surface area contributed by atoms with Crippen LogP contribution in [-0.2, 0) is 11.3 Å². The third-order valence-corrected chi connectivity index (χ3v) is 2.75. The minimum absolute atomic E-state index is 0.429. The Bertz CT molecular complexity index is 597. The summed E-state index contributed by atoms with van der Waals surface area (Å²) in [5, 5.41) is 4.31. The molecule has 0 N–H and O–H groups in total. The summed E-state index contributed by atoms with van der Waals surface area (Å²) in [5.41, 5.74) is 3.49. The van der Waals surface area contributed by atoms with Crippen LogP contribution in [0.15, 0.2) is 43.2 Å². The van der Waals surface area contributed by atoms with Crippen LogP contribution < -0.4 is 0 Å². The molecule has 1 heterocycles. The van der Waals surface area contributed by atoms with Crippen LogP contribution in [0.1, 0.15) is 27.3 Å². The summed E-state index contributed by atoms with van der Waals surface area (Å²) in [6, 6.07) is 9.82. The second-order valence-electron chi connectivity index (χ2n) is 4.39. The van der Waals surface area contributed by atoms with Crippen molar-refractivity contribution in [3.63, 3.8) is 0 Å². The zero-order valence-corrected chi connectivity index (χ0v) is 11.1. The molecule has 0 amide bonds. The number of aryl methyl sites for hydroxylation is 2. The lowest BCUT2D eigenvalue weighted by Crippen LogP contribution is -2.12. The number of ether oxygens (including phenoxy) is 1. The minimum Gasteiger partial charge on any atom is -0.430 e. The Hall–Kier alpha value is -2.36. The molecule has 0 aliphatic carbocycles. The smallest absolute Gasteiger partial charge is 0.361 e. The van der Waals surface area contributed by atoms with Crippen LogP contribution in [0.3, 0.4) is 0 Å². The maximum absolute atomic E-state index is 11.8. The van der Waals surface area contributed by atoms with Gasteiger partial charge in [-0.25, -0.2) is 4.79 Å². The highest BCUT2D eigenvalue weighted by Gasteiger charge is 2.14. The van der Waals surface area contributed by atoms with E-state index in [-0.39, 0.29) is 0 Å². The van der Waals surface area contributed by atoms with Gasteiger partial charge in [0, 0.05) is 0 Å². The molecule has 0 radical (unpaired) electrons. The predicted molar refractivity (Wildman–Crippen MR) is 72.9 cm³/mol. The van der Waals surface area contributed by atoms with Crippen molar-refractivity contribution in [2.75, 3.05) is 0 Å². The van der Waals surface area contributed by atoms with Crippen molar-refractivity contribution in [1.29, 1.82) is 0 Å². The number of nitrogens with zero attached hydrogens (tertiary/aromatic N) is 2. The van der Waals surface area contributed by atoms with Crippen molar-refractivity contribution in [3.05, 3.63) is 65.7 Å². The number of esters is 1. The van der Waals surface area contributed by atoms with E-state index < -0.39 is 5.97 Å². The van der Waals surface area contributed by atoms with Gasteiger partial charge >= 0.3 is 5.97 Å². The van der Waals surface area contributed by atoms with Crippen LogP contribution in [-0.4, -0.2) is 15.7 Å². The number of benzene rings is 1. The number of hydrogen-bond donors (Lipinski definition) is 0. The van der Waals surface area contributed by atoms with Crippen LogP contribution in [0.5, 0.6) is 0 Å². The van der Waals surface area contributed by atoms with E-state index in [1.165, 1.54) is 5.56 Å². The maximum Gasteiger partial charge on any atom is 0.361 e. The van der Waals surface area contributed by atoms with Crippen LogP contribution >= 0.6 is 0 Å². The van der Waals surface area contributed by atoms with Crippen molar-refractivity contribution in [2.24, 2.45) is 0 Å². The normalized spacial score (nSPS) is 10.2. The molecule has 98 valence electrons. The molecule has 0 aliphatic heterocycles.